The van der Waals surface area contributed by atoms with Gasteiger partial charge >= 0.3 is 0 Å². The molecule has 0 fully saturated rings. The Kier molecular flexibility index (Phi) is 5.17. The van der Waals surface area contributed by atoms with E-state index in [1.54, 1.807) is 0 Å². The van der Waals surface area contributed by atoms with Crippen LogP contribution < -0.4 is 0 Å². The van der Waals surface area contributed by atoms with Gasteiger partial charge in [-0.15, -0.1) is 0 Å². The van der Waals surface area contributed by atoms with Gasteiger partial charge in [-0.25, -0.2) is 0 Å². The van der Waals surface area contributed by atoms with Gasteiger partial charge in [0.1, 0.15) is 0 Å². The van der Waals surface area contributed by atoms with Crippen molar-refractivity contribution in [2.24, 2.45) is 0 Å². The minimum Gasteiger partial charge on any atom is -0.378 e. The Morgan fingerprint density at radius 2 is 1.26 bits per heavy atom. The summed E-state index contributed by atoms with van der Waals surface area (Å²) >= 11 is 0. The number of hydrogen-bond donors (Lipinski definition) is 0. The van der Waals surface area contributed by atoms with Gasteiger partial charge in [-0.3, -0.25) is 0 Å². The Hall–Kier alpha value is -1.60. The normalized spacial score (nSPS) is 12.6. The average molecular weight is 254 g/mol. The van der Waals surface area contributed by atoms with Crippen molar-refractivity contribution in [2.75, 3.05) is 6.61 Å². The zero-order valence-corrected chi connectivity index (χ0v) is 11.8. The lowest BCUT2D eigenvalue weighted by atomic mass is 9.85. The van der Waals surface area contributed by atoms with E-state index in [-0.39, 0.29) is 6.10 Å². The largest absolute Gasteiger partial charge is 0.378 e. The first-order valence-corrected chi connectivity index (χ1v) is 7.08. The molecule has 0 heterocycles. The topological polar surface area (TPSA) is 9.23 Å². The Balaban J connectivity index is 2.38. The molecule has 1 atom stereocenters. The lowest BCUT2D eigenvalue weighted by Crippen LogP contribution is -2.22. The first kappa shape index (κ1) is 13.8. The van der Waals surface area contributed by atoms with Crippen LogP contribution >= 0.6 is 0 Å². The van der Waals surface area contributed by atoms with E-state index in [9.17, 15) is 0 Å². The molecule has 1 heteroatoms. The maximum absolute atomic E-state index is 5.96. The first-order chi connectivity index (χ1) is 9.36. The van der Waals surface area contributed by atoms with Crippen LogP contribution in [0, 0.1) is 0 Å². The molecule has 0 radical (unpaired) electrons. The number of rotatable bonds is 6. The average Bonchev–Trinajstić information content (AvgIpc) is 2.49. The van der Waals surface area contributed by atoms with Gasteiger partial charge in [-0.2, -0.15) is 0 Å². The molecule has 2 aromatic carbocycles. The zero-order chi connectivity index (χ0) is 13.5. The highest BCUT2D eigenvalue weighted by Gasteiger charge is 2.23. The predicted octanol–water partition coefficient (Wildman–Crippen LogP) is 4.63. The Morgan fingerprint density at radius 3 is 1.63 bits per heavy atom. The molecule has 0 saturated carbocycles. The Bertz CT molecular complexity index is 424. The summed E-state index contributed by atoms with van der Waals surface area (Å²) in [7, 11) is 0. The van der Waals surface area contributed by atoms with E-state index in [0.717, 1.165) is 13.0 Å². The smallest absolute Gasteiger partial charge is 0.0681 e. The first-order valence-electron chi connectivity index (χ1n) is 7.08. The molecule has 0 aliphatic heterocycles. The van der Waals surface area contributed by atoms with E-state index in [1.807, 2.05) is 0 Å². The van der Waals surface area contributed by atoms with Crippen molar-refractivity contribution >= 4 is 0 Å². The molecule has 19 heavy (non-hydrogen) atoms. The van der Waals surface area contributed by atoms with Gasteiger partial charge < -0.3 is 4.74 Å². The summed E-state index contributed by atoms with van der Waals surface area (Å²) in [5, 5.41) is 0. The van der Waals surface area contributed by atoms with Crippen LogP contribution in [0.5, 0.6) is 0 Å². The molecular weight excluding hydrogens is 232 g/mol. The fourth-order valence-corrected chi connectivity index (χ4v) is 2.61. The minimum atomic E-state index is 0.231. The van der Waals surface area contributed by atoms with Gasteiger partial charge in [0.2, 0.25) is 0 Å². The maximum atomic E-state index is 5.96. The van der Waals surface area contributed by atoms with Crippen molar-refractivity contribution in [3.63, 3.8) is 0 Å². The van der Waals surface area contributed by atoms with Crippen LogP contribution in [0.25, 0.3) is 0 Å². The van der Waals surface area contributed by atoms with Crippen LogP contribution in [0.3, 0.4) is 0 Å². The molecular formula is C18H22O. The van der Waals surface area contributed by atoms with Crippen LogP contribution in [0.2, 0.25) is 0 Å². The van der Waals surface area contributed by atoms with E-state index in [1.165, 1.54) is 11.1 Å². The summed E-state index contributed by atoms with van der Waals surface area (Å²) in [4.78, 5) is 0. The van der Waals surface area contributed by atoms with Gasteiger partial charge in [-0.05, 0) is 24.5 Å². The van der Waals surface area contributed by atoms with E-state index in [0.29, 0.717) is 5.92 Å². The Morgan fingerprint density at radius 1 is 0.789 bits per heavy atom. The summed E-state index contributed by atoms with van der Waals surface area (Å²) in [6, 6.07) is 21.3. The van der Waals surface area contributed by atoms with Crippen LogP contribution in [0.15, 0.2) is 60.7 Å². The third kappa shape index (κ3) is 3.45. The van der Waals surface area contributed by atoms with Gasteiger partial charge in [-0.1, -0.05) is 67.6 Å². The van der Waals surface area contributed by atoms with Crippen LogP contribution in [-0.4, -0.2) is 12.7 Å². The molecule has 0 aromatic heterocycles. The minimum absolute atomic E-state index is 0.231. The van der Waals surface area contributed by atoms with Crippen molar-refractivity contribution in [1.29, 1.82) is 0 Å². The molecule has 100 valence electrons. The van der Waals surface area contributed by atoms with Gasteiger partial charge in [0.25, 0.3) is 0 Å². The highest BCUT2D eigenvalue weighted by Crippen LogP contribution is 2.31. The van der Waals surface area contributed by atoms with Gasteiger partial charge in [0, 0.05) is 12.5 Å². The zero-order valence-electron chi connectivity index (χ0n) is 11.8. The molecule has 1 unspecified atom stereocenters. The predicted molar refractivity (Wildman–Crippen MR) is 80.4 cm³/mol. The van der Waals surface area contributed by atoms with E-state index >= 15 is 0 Å². The second kappa shape index (κ2) is 7.10. The number of ether oxygens (including phenoxy) is 1. The molecule has 1 nitrogen and oxygen atoms in total. The monoisotopic (exact) mass is 254 g/mol. The van der Waals surface area contributed by atoms with Crippen LogP contribution in [0.4, 0.5) is 0 Å². The lowest BCUT2D eigenvalue weighted by Gasteiger charge is -2.27. The third-order valence-electron chi connectivity index (χ3n) is 3.47. The third-order valence-corrected chi connectivity index (χ3v) is 3.47. The van der Waals surface area contributed by atoms with Crippen molar-refractivity contribution in [1.82, 2.24) is 0 Å². The van der Waals surface area contributed by atoms with E-state index < -0.39 is 0 Å². The van der Waals surface area contributed by atoms with Gasteiger partial charge in [0.05, 0.1) is 6.10 Å². The van der Waals surface area contributed by atoms with Crippen molar-refractivity contribution in [3.8, 4) is 0 Å². The Labute approximate surface area is 116 Å². The van der Waals surface area contributed by atoms with Crippen molar-refractivity contribution < 1.29 is 4.74 Å². The van der Waals surface area contributed by atoms with Crippen LogP contribution in [-0.2, 0) is 4.74 Å². The SMILES string of the molecule is CCOC(CC)C(c1ccccc1)c1ccccc1. The van der Waals surface area contributed by atoms with Gasteiger partial charge in [0.15, 0.2) is 0 Å². The second-order valence-corrected chi connectivity index (χ2v) is 4.70. The van der Waals surface area contributed by atoms with E-state index in [4.69, 9.17) is 4.74 Å². The quantitative estimate of drug-likeness (QED) is 0.730. The molecule has 0 spiro atoms. The second-order valence-electron chi connectivity index (χ2n) is 4.70. The fourth-order valence-electron chi connectivity index (χ4n) is 2.61. The summed E-state index contributed by atoms with van der Waals surface area (Å²) in [5.41, 5.74) is 2.66. The molecule has 2 rings (SSSR count). The lowest BCUT2D eigenvalue weighted by molar-refractivity contribution is 0.0487. The molecule has 0 saturated heterocycles. The number of hydrogen-bond acceptors (Lipinski definition) is 1. The molecule has 0 aliphatic rings. The fraction of sp³-hybridized carbons (Fsp3) is 0.333. The molecule has 2 aromatic rings. The molecule has 0 aliphatic carbocycles. The van der Waals surface area contributed by atoms with Crippen LogP contribution in [0.1, 0.15) is 37.3 Å². The maximum Gasteiger partial charge on any atom is 0.0681 e. The van der Waals surface area contributed by atoms with E-state index in [2.05, 4.69) is 74.5 Å². The molecule has 0 amide bonds. The summed E-state index contributed by atoms with van der Waals surface area (Å²) in [6.45, 7) is 5.02. The standard InChI is InChI=1S/C18H22O/c1-3-17(19-4-2)18(15-11-7-5-8-12-15)16-13-9-6-10-14-16/h5-14,17-18H,3-4H2,1-2H3. The number of benzene rings is 2. The summed E-state index contributed by atoms with van der Waals surface area (Å²) in [6.07, 6.45) is 1.25. The van der Waals surface area contributed by atoms with Crippen molar-refractivity contribution in [2.45, 2.75) is 32.3 Å². The molecule has 0 N–H and O–H groups in total. The van der Waals surface area contributed by atoms with Crippen molar-refractivity contribution in [3.05, 3.63) is 71.8 Å². The summed E-state index contributed by atoms with van der Waals surface area (Å²) < 4.78 is 5.96. The summed E-state index contributed by atoms with van der Waals surface area (Å²) in [5.74, 6) is 0.312. The highest BCUT2D eigenvalue weighted by atomic mass is 16.5. The highest BCUT2D eigenvalue weighted by molar-refractivity contribution is 5.33. The molecule has 0 bridgehead atoms.